The summed E-state index contributed by atoms with van der Waals surface area (Å²) in [4.78, 5) is 0. The summed E-state index contributed by atoms with van der Waals surface area (Å²) in [5, 5.41) is 15.3. The van der Waals surface area contributed by atoms with Gasteiger partial charge in [-0.1, -0.05) is 0 Å². The summed E-state index contributed by atoms with van der Waals surface area (Å²) in [5.41, 5.74) is 0. The number of hydrogen-bond donors (Lipinski definition) is 2. The van der Waals surface area contributed by atoms with E-state index >= 15 is 0 Å². The molecule has 0 unspecified atom stereocenters. The van der Waals surface area contributed by atoms with Gasteiger partial charge in [-0.2, -0.15) is 0 Å². The third-order valence-electron chi connectivity index (χ3n) is 0.0797. The number of hydrogen-bond acceptors (Lipinski definition) is 3. The molecule has 7 heteroatoms. The van der Waals surface area contributed by atoms with E-state index in [0.717, 1.165) is 0 Å². The van der Waals surface area contributed by atoms with Crippen molar-refractivity contribution in [2.45, 2.75) is 0 Å². The molecule has 0 aliphatic rings. The Kier molecular flexibility index (Phi) is 27.5. The Morgan fingerprint density at radius 2 is 1.57 bits per heavy atom. The van der Waals surface area contributed by atoms with Crippen LogP contribution in [0.3, 0.4) is 0 Å². The van der Waals surface area contributed by atoms with Gasteiger partial charge in [0.05, 0.1) is 16.3 Å². The topological polar surface area (TPSA) is 49.7 Å². The molecule has 0 saturated carbocycles. The molecule has 0 aromatic heterocycles. The molecule has 2 radical (unpaired) electrons. The molecule has 2 N–H and O–H groups in total. The molecule has 40 valence electrons. The fourth-order valence-corrected chi connectivity index (χ4v) is 0. The molecule has 0 rings (SSSR count). The van der Waals surface area contributed by atoms with Gasteiger partial charge < -0.3 is 13.8 Å². The van der Waals surface area contributed by atoms with E-state index in [1.165, 1.54) is 0 Å². The molecule has 0 bridgehead atoms. The first kappa shape index (κ1) is 16.5. The molecule has 0 spiro atoms. The third-order valence-corrected chi connectivity index (χ3v) is 0.414. The summed E-state index contributed by atoms with van der Waals surface area (Å²) in [6.07, 6.45) is 0. The van der Waals surface area contributed by atoms with Crippen molar-refractivity contribution in [3.05, 3.63) is 0 Å². The molecule has 0 aromatic rings. The van der Waals surface area contributed by atoms with Crippen LogP contribution in [0.1, 0.15) is 0 Å². The van der Waals surface area contributed by atoms with Gasteiger partial charge in [-0.05, 0) is 0 Å². The second kappa shape index (κ2) is 11.7. The van der Waals surface area contributed by atoms with Crippen molar-refractivity contribution in [1.82, 2.24) is 0 Å². The second-order valence-electron chi connectivity index (χ2n) is 0.415. The van der Waals surface area contributed by atoms with E-state index in [2.05, 4.69) is 20.0 Å². The van der Waals surface area contributed by atoms with E-state index in [1.54, 1.807) is 0 Å². The average molecular weight is 489 g/mol. The molecule has 0 heterocycles. The van der Waals surface area contributed by atoms with E-state index in [0.29, 0.717) is 0 Å². The van der Waals surface area contributed by atoms with Gasteiger partial charge >= 0.3 is 83.5 Å². The normalized spacial score (nSPS) is 5.57. The Morgan fingerprint density at radius 3 is 1.57 bits per heavy atom. The molecule has 7 heavy (non-hydrogen) atoms. The fourth-order valence-electron chi connectivity index (χ4n) is 0. The van der Waals surface area contributed by atoms with E-state index in [4.69, 9.17) is 10.0 Å². The minimum absolute atomic E-state index is 0. The van der Waals surface area contributed by atoms with Crippen molar-refractivity contribution in [1.29, 1.82) is 0 Å². The fraction of sp³-hybridized carbons (Fsp3) is 0. The predicted molar refractivity (Wildman–Crippen MR) is 37.3 cm³/mol. The number of rotatable bonds is 1. The van der Waals surface area contributed by atoms with Crippen molar-refractivity contribution in [3.63, 3.8) is 0 Å². The van der Waals surface area contributed by atoms with Crippen LogP contribution in [0.4, 0.5) is 0 Å². The zero-order chi connectivity index (χ0) is 4.28. The monoisotopic (exact) mass is 490 g/mol. The molecule has 0 atom stereocenters. The molecule has 0 aliphatic carbocycles. The van der Waals surface area contributed by atoms with Crippen LogP contribution in [0.15, 0.2) is 0 Å². The maximum absolute atomic E-state index is 7.65. The standard InChI is InChI=1S/BBrH2O3.Ba.Pb.4H/c2-5-1(3)4;;;;;;/h3-4H;;;;;;. The van der Waals surface area contributed by atoms with Crippen LogP contribution in [-0.2, 0) is 3.75 Å². The average Bonchev–Trinajstić information content (AvgIpc) is 1.38. The molecule has 0 saturated heterocycles. The van der Waals surface area contributed by atoms with Crippen LogP contribution in [0.2, 0.25) is 0 Å². The van der Waals surface area contributed by atoms with E-state index in [9.17, 15) is 0 Å². The Balaban J connectivity index is -0.0000000800. The van der Waals surface area contributed by atoms with Crippen LogP contribution in [-0.4, -0.2) is 93.5 Å². The Bertz CT molecular complexity index is 28.9. The van der Waals surface area contributed by atoms with Gasteiger partial charge in [-0.15, -0.1) is 0 Å². The zero-order valence-corrected chi connectivity index (χ0v) is 10.0. The summed E-state index contributed by atoms with van der Waals surface area (Å²) in [6.45, 7) is 0. The number of halogens is 1. The first-order valence-electron chi connectivity index (χ1n) is 0.906. The minimum atomic E-state index is -1.70. The van der Waals surface area contributed by atoms with Gasteiger partial charge in [0.15, 0.2) is 0 Å². The van der Waals surface area contributed by atoms with Crippen LogP contribution in [0.5, 0.6) is 0 Å². The van der Waals surface area contributed by atoms with Gasteiger partial charge in [0, 0.05) is 0 Å². The van der Waals surface area contributed by atoms with Gasteiger partial charge in [-0.25, -0.2) is 0 Å². The van der Waals surface area contributed by atoms with Crippen LogP contribution in [0, 0.1) is 0 Å². The summed E-state index contributed by atoms with van der Waals surface area (Å²) >= 11 is 2.31. The van der Waals surface area contributed by atoms with Gasteiger partial charge in [0.2, 0.25) is 0 Å². The molecular weight excluding hydrogens is 483 g/mol. The van der Waals surface area contributed by atoms with Gasteiger partial charge in [0.1, 0.15) is 0 Å². The zero-order valence-electron chi connectivity index (χ0n) is 2.97. The molecule has 0 fully saturated rings. The van der Waals surface area contributed by atoms with Crippen LogP contribution >= 0.6 is 16.3 Å². The Labute approximate surface area is 111 Å². The third kappa shape index (κ3) is 17.6. The molecule has 0 amide bonds. The molecule has 0 aliphatic heterocycles. The Hall–Kier alpha value is 2.92. The Morgan fingerprint density at radius 1 is 1.43 bits per heavy atom. The quantitative estimate of drug-likeness (QED) is 0.399. The summed E-state index contributed by atoms with van der Waals surface area (Å²) in [7, 11) is -1.70. The van der Waals surface area contributed by atoms with Gasteiger partial charge in [0.25, 0.3) is 0 Å². The van der Waals surface area contributed by atoms with E-state index in [-0.39, 0.29) is 76.2 Å². The van der Waals surface area contributed by atoms with Crippen molar-refractivity contribution in [3.8, 4) is 0 Å². The summed E-state index contributed by atoms with van der Waals surface area (Å²) in [5.74, 6) is 0. The van der Waals surface area contributed by atoms with Crippen molar-refractivity contribution in [2.24, 2.45) is 0 Å². The van der Waals surface area contributed by atoms with Crippen molar-refractivity contribution in [2.75, 3.05) is 0 Å². The van der Waals surface area contributed by atoms with Crippen molar-refractivity contribution < 1.29 is 13.8 Å². The SMILES string of the molecule is OB(O)OBr.[BaH2].[PbH2]. The summed E-state index contributed by atoms with van der Waals surface area (Å²) < 4.78 is 3.67. The van der Waals surface area contributed by atoms with Gasteiger partial charge in [-0.3, -0.25) is 0 Å². The van der Waals surface area contributed by atoms with E-state index in [1.807, 2.05) is 0 Å². The maximum atomic E-state index is 7.65. The second-order valence-corrected chi connectivity index (χ2v) is 0.789. The molecular formula is H6BBaBrO3Pb. The van der Waals surface area contributed by atoms with Crippen molar-refractivity contribution >= 4 is 99.8 Å². The predicted octanol–water partition coefficient (Wildman–Crippen LogP) is -2.55. The van der Waals surface area contributed by atoms with Crippen LogP contribution < -0.4 is 0 Å². The van der Waals surface area contributed by atoms with E-state index < -0.39 is 7.32 Å². The first-order chi connectivity index (χ1) is 2.27. The first-order valence-corrected chi connectivity index (χ1v) is 1.55. The molecule has 0 aromatic carbocycles. The van der Waals surface area contributed by atoms with Crippen LogP contribution in [0.25, 0.3) is 0 Å². The summed E-state index contributed by atoms with van der Waals surface area (Å²) in [6, 6.07) is 0. The molecule has 3 nitrogen and oxygen atoms in total.